The summed E-state index contributed by atoms with van der Waals surface area (Å²) in [5, 5.41) is 33.4. The highest BCUT2D eigenvalue weighted by atomic mass is 16.5. The minimum Gasteiger partial charge on any atom is -0.504 e. The number of ether oxygens (including phenoxy) is 1. The molecule has 1 aromatic carbocycles. The van der Waals surface area contributed by atoms with E-state index < -0.39 is 29.4 Å². The molecule has 0 heterocycles. The van der Waals surface area contributed by atoms with Crippen LogP contribution in [-0.4, -0.2) is 63.3 Å². The summed E-state index contributed by atoms with van der Waals surface area (Å²) in [5.41, 5.74) is -1.35. The number of phenolic OH excluding ortho intramolecular Hbond substituents is 2. The fourth-order valence-corrected chi connectivity index (χ4v) is 8.56. The molecular formula is C33H41NO9. The Morgan fingerprint density at radius 1 is 1.02 bits per heavy atom. The molecule has 3 saturated carbocycles. The molecule has 43 heavy (non-hydrogen) atoms. The standard InChI is InChI=1S/C33H41NO9/c1-31-12-9-21(35)16-20(31)4-5-22-23-10-13-33(42,32(23,2)17-26(38)30(22)31)27(39)18-43-29(41)8-7-28(40)34-14-11-19-3-6-24(36)25(37)15-19/h3,6,15-16,22-23,30,36-37,42H,4-5,7-14,17-18H2,1-2H3,(H,34,40)/t22-,23-,30-,31+,32-,33+/m1/s1. The fraction of sp³-hybridized carbons (Fsp3) is 0.606. The zero-order valence-electron chi connectivity index (χ0n) is 24.8. The molecule has 232 valence electrons. The topological polar surface area (TPSA) is 167 Å². The second-order valence-electron chi connectivity index (χ2n) is 13.3. The van der Waals surface area contributed by atoms with Gasteiger partial charge in [0.1, 0.15) is 11.4 Å². The van der Waals surface area contributed by atoms with E-state index in [-0.39, 0.29) is 84.4 Å². The Balaban J connectivity index is 1.13. The van der Waals surface area contributed by atoms with Crippen LogP contribution in [0.2, 0.25) is 0 Å². The molecule has 4 N–H and O–H groups in total. The first kappa shape index (κ1) is 30.9. The van der Waals surface area contributed by atoms with Crippen molar-refractivity contribution in [1.29, 1.82) is 0 Å². The number of fused-ring (bicyclic) bond motifs is 5. The van der Waals surface area contributed by atoms with Crippen LogP contribution in [0.1, 0.15) is 77.2 Å². The number of ketones is 3. The van der Waals surface area contributed by atoms with Crippen molar-refractivity contribution < 1.29 is 44.0 Å². The summed E-state index contributed by atoms with van der Waals surface area (Å²) in [6.07, 6.45) is 5.18. The van der Waals surface area contributed by atoms with Crippen LogP contribution in [0.25, 0.3) is 0 Å². The molecule has 10 nitrogen and oxygen atoms in total. The van der Waals surface area contributed by atoms with Crippen LogP contribution in [0.5, 0.6) is 11.5 Å². The van der Waals surface area contributed by atoms with Crippen LogP contribution in [0, 0.1) is 28.6 Å². The SMILES string of the molecule is C[C@]12CCC(=O)C=C1CC[C@@H]1[C@H]3CC[C@](O)(C(=O)COC(=O)CCC(=O)NCCc4ccc(O)c(O)c4)[C@]3(C)CC(=O)[C@@H]12. The number of amides is 1. The number of phenols is 2. The zero-order valence-corrected chi connectivity index (χ0v) is 24.8. The van der Waals surface area contributed by atoms with E-state index in [1.165, 1.54) is 12.1 Å². The molecular weight excluding hydrogens is 554 g/mol. The van der Waals surface area contributed by atoms with Crippen molar-refractivity contribution in [2.45, 2.75) is 83.7 Å². The Hall–Kier alpha value is -3.53. The Morgan fingerprint density at radius 2 is 1.79 bits per heavy atom. The molecule has 10 heteroatoms. The molecule has 0 aromatic heterocycles. The van der Waals surface area contributed by atoms with Crippen LogP contribution in [0.15, 0.2) is 29.8 Å². The lowest BCUT2D eigenvalue weighted by Crippen LogP contribution is -2.61. The number of aliphatic hydroxyl groups is 1. The predicted molar refractivity (Wildman–Crippen MR) is 154 cm³/mol. The summed E-state index contributed by atoms with van der Waals surface area (Å²) in [7, 11) is 0. The Bertz CT molecular complexity index is 1380. The summed E-state index contributed by atoms with van der Waals surface area (Å²) in [4.78, 5) is 63.7. The number of hydrogen-bond acceptors (Lipinski definition) is 9. The van der Waals surface area contributed by atoms with Gasteiger partial charge in [-0.15, -0.1) is 0 Å². The first-order valence-corrected chi connectivity index (χ1v) is 15.2. The fourth-order valence-electron chi connectivity index (χ4n) is 8.56. The number of carbonyl (C=O) groups excluding carboxylic acids is 5. The first-order chi connectivity index (χ1) is 20.3. The highest BCUT2D eigenvalue weighted by Crippen LogP contribution is 2.66. The number of carbonyl (C=O) groups is 5. The number of rotatable bonds is 9. The smallest absolute Gasteiger partial charge is 0.306 e. The quantitative estimate of drug-likeness (QED) is 0.248. The van der Waals surface area contributed by atoms with Gasteiger partial charge in [0.25, 0.3) is 0 Å². The van der Waals surface area contributed by atoms with Crippen LogP contribution in [0.4, 0.5) is 0 Å². The number of hydrogen-bond donors (Lipinski definition) is 4. The van der Waals surface area contributed by atoms with E-state index in [1.807, 2.05) is 6.92 Å². The molecule has 6 atom stereocenters. The van der Waals surface area contributed by atoms with Gasteiger partial charge in [0.2, 0.25) is 11.7 Å². The maximum Gasteiger partial charge on any atom is 0.306 e. The minimum atomic E-state index is -1.79. The highest BCUT2D eigenvalue weighted by molar-refractivity contribution is 5.95. The van der Waals surface area contributed by atoms with Gasteiger partial charge in [0, 0.05) is 37.1 Å². The molecule has 0 bridgehead atoms. The van der Waals surface area contributed by atoms with Gasteiger partial charge >= 0.3 is 5.97 Å². The summed E-state index contributed by atoms with van der Waals surface area (Å²) >= 11 is 0. The van der Waals surface area contributed by atoms with E-state index in [1.54, 1.807) is 12.1 Å². The van der Waals surface area contributed by atoms with Crippen LogP contribution in [-0.2, 0) is 35.1 Å². The van der Waals surface area contributed by atoms with Crippen molar-refractivity contribution in [1.82, 2.24) is 5.32 Å². The van der Waals surface area contributed by atoms with Gasteiger partial charge in [-0.05, 0) is 79.5 Å². The third-order valence-corrected chi connectivity index (χ3v) is 11.0. The van der Waals surface area contributed by atoms with Gasteiger partial charge in [-0.2, -0.15) is 0 Å². The van der Waals surface area contributed by atoms with Crippen LogP contribution >= 0.6 is 0 Å². The molecule has 0 radical (unpaired) electrons. The average Bonchev–Trinajstić information content (AvgIpc) is 3.23. The minimum absolute atomic E-state index is 0.0178. The Morgan fingerprint density at radius 3 is 2.53 bits per heavy atom. The van der Waals surface area contributed by atoms with E-state index in [2.05, 4.69) is 12.2 Å². The monoisotopic (exact) mass is 595 g/mol. The van der Waals surface area contributed by atoms with Gasteiger partial charge in [0.05, 0.1) is 6.42 Å². The van der Waals surface area contributed by atoms with E-state index >= 15 is 0 Å². The lowest BCUT2D eigenvalue weighted by Gasteiger charge is -2.57. The Labute approximate surface area is 250 Å². The molecule has 4 aliphatic carbocycles. The second kappa shape index (κ2) is 11.5. The third-order valence-electron chi connectivity index (χ3n) is 11.0. The van der Waals surface area contributed by atoms with Crippen LogP contribution < -0.4 is 5.32 Å². The maximum absolute atomic E-state index is 13.7. The maximum atomic E-state index is 13.7. The predicted octanol–water partition coefficient (Wildman–Crippen LogP) is 3.09. The Kier molecular flexibility index (Phi) is 8.28. The number of benzene rings is 1. The third kappa shape index (κ3) is 5.50. The molecule has 0 spiro atoms. The van der Waals surface area contributed by atoms with Gasteiger partial charge < -0.3 is 25.4 Å². The number of allylic oxidation sites excluding steroid dienone is 1. The summed E-state index contributed by atoms with van der Waals surface area (Å²) < 4.78 is 5.18. The molecule has 3 fully saturated rings. The zero-order chi connectivity index (χ0) is 31.2. The average molecular weight is 596 g/mol. The van der Waals surface area contributed by atoms with Crippen LogP contribution in [0.3, 0.4) is 0 Å². The van der Waals surface area contributed by atoms with Crippen molar-refractivity contribution >= 4 is 29.2 Å². The van der Waals surface area contributed by atoms with Crippen molar-refractivity contribution in [3.8, 4) is 11.5 Å². The van der Waals surface area contributed by atoms with Crippen molar-refractivity contribution in [3.63, 3.8) is 0 Å². The highest BCUT2D eigenvalue weighted by Gasteiger charge is 2.68. The normalized spacial score (nSPS) is 33.1. The molecule has 5 rings (SSSR count). The molecule has 0 unspecified atom stereocenters. The van der Waals surface area contributed by atoms with E-state index in [4.69, 9.17) is 4.74 Å². The lowest BCUT2D eigenvalue weighted by molar-refractivity contribution is -0.173. The molecule has 0 aliphatic heterocycles. The largest absolute Gasteiger partial charge is 0.504 e. The summed E-state index contributed by atoms with van der Waals surface area (Å²) in [6.45, 7) is 3.55. The van der Waals surface area contributed by atoms with Gasteiger partial charge in [-0.1, -0.05) is 25.5 Å². The van der Waals surface area contributed by atoms with Crippen molar-refractivity contribution in [2.75, 3.05) is 13.2 Å². The number of aromatic hydroxyl groups is 2. The number of esters is 1. The van der Waals surface area contributed by atoms with E-state index in [0.717, 1.165) is 18.4 Å². The van der Waals surface area contributed by atoms with Gasteiger partial charge in [-0.25, -0.2) is 0 Å². The lowest BCUT2D eigenvalue weighted by atomic mass is 9.46. The number of nitrogens with one attached hydrogen (secondary N) is 1. The number of Topliss-reactive ketones (excluding diaryl/α,β-unsaturated/α-hetero) is 2. The molecule has 1 aromatic rings. The van der Waals surface area contributed by atoms with Gasteiger partial charge in [0.15, 0.2) is 23.9 Å². The molecule has 4 aliphatic rings. The summed E-state index contributed by atoms with van der Waals surface area (Å²) in [6, 6.07) is 4.39. The molecule has 1 amide bonds. The van der Waals surface area contributed by atoms with Gasteiger partial charge in [-0.3, -0.25) is 24.0 Å². The van der Waals surface area contributed by atoms with E-state index in [9.17, 15) is 39.3 Å². The van der Waals surface area contributed by atoms with Crippen molar-refractivity contribution in [2.24, 2.45) is 28.6 Å². The first-order valence-electron chi connectivity index (χ1n) is 15.2. The van der Waals surface area contributed by atoms with Crippen molar-refractivity contribution in [3.05, 3.63) is 35.4 Å². The van der Waals surface area contributed by atoms with E-state index in [0.29, 0.717) is 31.2 Å². The summed E-state index contributed by atoms with van der Waals surface area (Å²) in [5.74, 6) is -2.31. The molecule has 0 saturated heterocycles. The second-order valence-corrected chi connectivity index (χ2v) is 13.3.